The highest BCUT2D eigenvalue weighted by Crippen LogP contribution is 2.63. The van der Waals surface area contributed by atoms with E-state index in [4.69, 9.17) is 20.6 Å². The molecule has 18 heavy (non-hydrogen) atoms. The number of halogens is 1. The van der Waals surface area contributed by atoms with Crippen molar-refractivity contribution in [3.05, 3.63) is 34.9 Å². The van der Waals surface area contributed by atoms with Gasteiger partial charge in [0, 0.05) is 16.0 Å². The molecule has 0 bridgehead atoms. The summed E-state index contributed by atoms with van der Waals surface area (Å²) in [5.41, 5.74) is -0.0600. The zero-order valence-corrected chi connectivity index (χ0v) is 12.5. The van der Waals surface area contributed by atoms with E-state index in [0.29, 0.717) is 10.6 Å². The van der Waals surface area contributed by atoms with Crippen molar-refractivity contribution in [3.63, 3.8) is 0 Å². The molecule has 0 amide bonds. The third-order valence-corrected chi connectivity index (χ3v) is 5.36. The molecule has 1 aliphatic rings. The summed E-state index contributed by atoms with van der Waals surface area (Å²) in [6, 6.07) is 6.96. The summed E-state index contributed by atoms with van der Waals surface area (Å²) >= 11 is 10.6. The molecule has 1 heterocycles. The van der Waals surface area contributed by atoms with Crippen molar-refractivity contribution in [2.45, 2.75) is 18.8 Å². The standard InChI is InChI=1S/C11H14ClO4PS/c1-10(2)7-15-17(13,14)16-11(10,18)8-5-3-4-6-9(8)12/h3-6,18H,7H2,1-2H3,(H,13,14). The van der Waals surface area contributed by atoms with E-state index in [2.05, 4.69) is 12.6 Å². The predicted molar refractivity (Wildman–Crippen MR) is 72.8 cm³/mol. The maximum atomic E-state index is 11.6. The van der Waals surface area contributed by atoms with Crippen LogP contribution in [0.2, 0.25) is 5.02 Å². The highest BCUT2D eigenvalue weighted by atomic mass is 35.5. The van der Waals surface area contributed by atoms with E-state index in [-0.39, 0.29) is 6.61 Å². The van der Waals surface area contributed by atoms with E-state index in [9.17, 15) is 9.46 Å². The second-order valence-electron chi connectivity index (χ2n) is 4.84. The first-order valence-corrected chi connectivity index (χ1v) is 7.65. The van der Waals surface area contributed by atoms with Gasteiger partial charge in [-0.1, -0.05) is 43.6 Å². The minimum Gasteiger partial charge on any atom is -0.302 e. The molecule has 1 aromatic carbocycles. The summed E-state index contributed by atoms with van der Waals surface area (Å²) in [5, 5.41) is 0.433. The van der Waals surface area contributed by atoms with Gasteiger partial charge in [-0.3, -0.25) is 9.05 Å². The molecule has 1 aliphatic heterocycles. The summed E-state index contributed by atoms with van der Waals surface area (Å²) in [5.74, 6) is 0. The Labute approximate surface area is 116 Å². The first kappa shape index (κ1) is 14.4. The molecule has 4 nitrogen and oxygen atoms in total. The molecular formula is C11H14ClO4PS. The van der Waals surface area contributed by atoms with Crippen molar-refractivity contribution < 1.29 is 18.5 Å². The van der Waals surface area contributed by atoms with Crippen molar-refractivity contribution in [2.75, 3.05) is 6.61 Å². The largest absolute Gasteiger partial charge is 0.473 e. The fraction of sp³-hybridized carbons (Fsp3) is 0.455. The van der Waals surface area contributed by atoms with Crippen LogP contribution in [0.15, 0.2) is 24.3 Å². The van der Waals surface area contributed by atoms with Crippen molar-refractivity contribution in [1.29, 1.82) is 0 Å². The third-order valence-electron chi connectivity index (χ3n) is 2.99. The van der Waals surface area contributed by atoms with Crippen molar-refractivity contribution in [3.8, 4) is 0 Å². The number of hydrogen-bond acceptors (Lipinski definition) is 4. The summed E-state index contributed by atoms with van der Waals surface area (Å²) < 4.78 is 21.7. The van der Waals surface area contributed by atoms with Gasteiger partial charge in [0.05, 0.1) is 6.61 Å². The van der Waals surface area contributed by atoms with Crippen LogP contribution in [0.5, 0.6) is 0 Å². The number of thiol groups is 1. The lowest BCUT2D eigenvalue weighted by molar-refractivity contribution is -0.0694. The zero-order valence-electron chi connectivity index (χ0n) is 9.96. The summed E-state index contributed by atoms with van der Waals surface area (Å²) in [6.45, 7) is 3.72. The van der Waals surface area contributed by atoms with Crippen molar-refractivity contribution in [1.82, 2.24) is 0 Å². The Morgan fingerprint density at radius 3 is 2.67 bits per heavy atom. The maximum absolute atomic E-state index is 11.6. The number of phosphoric acid groups is 1. The lowest BCUT2D eigenvalue weighted by Crippen LogP contribution is -2.45. The maximum Gasteiger partial charge on any atom is 0.473 e. The van der Waals surface area contributed by atoms with Crippen molar-refractivity contribution >= 4 is 32.1 Å². The van der Waals surface area contributed by atoms with Gasteiger partial charge >= 0.3 is 7.82 Å². The quantitative estimate of drug-likeness (QED) is 0.615. The van der Waals surface area contributed by atoms with E-state index >= 15 is 0 Å². The van der Waals surface area contributed by atoms with E-state index < -0.39 is 18.2 Å². The van der Waals surface area contributed by atoms with Gasteiger partial charge in [0.15, 0.2) is 4.93 Å². The summed E-state index contributed by atoms with van der Waals surface area (Å²) in [6.07, 6.45) is 0. The van der Waals surface area contributed by atoms with E-state index in [1.165, 1.54) is 0 Å². The minimum atomic E-state index is -4.11. The van der Waals surface area contributed by atoms with Crippen LogP contribution in [0.25, 0.3) is 0 Å². The lowest BCUT2D eigenvalue weighted by atomic mass is 9.82. The molecule has 2 unspecified atom stereocenters. The van der Waals surface area contributed by atoms with Crippen LogP contribution in [0, 0.1) is 5.41 Å². The average molecular weight is 309 g/mol. The highest BCUT2D eigenvalue weighted by molar-refractivity contribution is 7.81. The average Bonchev–Trinajstić information content (AvgIpc) is 2.25. The minimum absolute atomic E-state index is 0.0511. The Balaban J connectivity index is 2.56. The molecule has 2 atom stereocenters. The smallest absolute Gasteiger partial charge is 0.302 e. The molecule has 2 rings (SSSR count). The normalized spacial score (nSPS) is 35.4. The first-order chi connectivity index (χ1) is 8.18. The van der Waals surface area contributed by atoms with Crippen LogP contribution in [-0.2, 0) is 18.5 Å². The fourth-order valence-corrected chi connectivity index (χ4v) is 3.93. The van der Waals surface area contributed by atoms with Crippen LogP contribution in [0.3, 0.4) is 0 Å². The van der Waals surface area contributed by atoms with Crippen LogP contribution in [0.4, 0.5) is 0 Å². The molecule has 1 N–H and O–H groups in total. The molecule has 1 aromatic rings. The molecule has 1 fully saturated rings. The Hall–Kier alpha value is -0.0300. The second-order valence-corrected chi connectivity index (χ2v) is 7.26. The van der Waals surface area contributed by atoms with Crippen LogP contribution in [0.1, 0.15) is 19.4 Å². The predicted octanol–water partition coefficient (Wildman–Crippen LogP) is 3.60. The number of benzene rings is 1. The Bertz CT molecular complexity index is 522. The van der Waals surface area contributed by atoms with Crippen LogP contribution < -0.4 is 0 Å². The van der Waals surface area contributed by atoms with Gasteiger partial charge in [-0.2, -0.15) is 0 Å². The molecule has 0 aromatic heterocycles. The van der Waals surface area contributed by atoms with E-state index in [0.717, 1.165) is 0 Å². The Morgan fingerprint density at radius 1 is 1.44 bits per heavy atom. The van der Waals surface area contributed by atoms with Gasteiger partial charge < -0.3 is 4.89 Å². The highest BCUT2D eigenvalue weighted by Gasteiger charge is 2.55. The first-order valence-electron chi connectivity index (χ1n) is 5.33. The second kappa shape index (κ2) is 4.51. The number of rotatable bonds is 1. The van der Waals surface area contributed by atoms with Gasteiger partial charge in [-0.05, 0) is 6.07 Å². The molecule has 7 heteroatoms. The van der Waals surface area contributed by atoms with E-state index in [1.807, 2.05) is 13.8 Å². The van der Waals surface area contributed by atoms with Gasteiger partial charge in [0.2, 0.25) is 0 Å². The van der Waals surface area contributed by atoms with Gasteiger partial charge in [-0.25, -0.2) is 4.57 Å². The third kappa shape index (κ3) is 2.36. The van der Waals surface area contributed by atoms with Gasteiger partial charge in [-0.15, -0.1) is 12.6 Å². The molecule has 0 spiro atoms. The Morgan fingerprint density at radius 2 is 2.06 bits per heavy atom. The molecule has 0 radical (unpaired) electrons. The molecule has 0 saturated carbocycles. The van der Waals surface area contributed by atoms with Gasteiger partial charge in [0.25, 0.3) is 0 Å². The van der Waals surface area contributed by atoms with Crippen molar-refractivity contribution in [2.24, 2.45) is 5.41 Å². The van der Waals surface area contributed by atoms with Crippen LogP contribution in [-0.4, -0.2) is 11.5 Å². The number of phosphoric ester groups is 1. The SMILES string of the molecule is CC1(C)COP(=O)(O)OC1(S)c1ccccc1Cl. The van der Waals surface area contributed by atoms with Crippen LogP contribution >= 0.6 is 32.1 Å². The molecule has 0 aliphatic carbocycles. The molecular weight excluding hydrogens is 295 g/mol. The lowest BCUT2D eigenvalue weighted by Gasteiger charge is -2.47. The number of hydrogen-bond donors (Lipinski definition) is 2. The topological polar surface area (TPSA) is 55.8 Å². The molecule has 100 valence electrons. The van der Waals surface area contributed by atoms with E-state index in [1.54, 1.807) is 24.3 Å². The summed E-state index contributed by atoms with van der Waals surface area (Å²) in [7, 11) is -4.11. The Kier molecular flexibility index (Phi) is 3.61. The van der Waals surface area contributed by atoms with Gasteiger partial charge in [0.1, 0.15) is 0 Å². The monoisotopic (exact) mass is 308 g/mol. The summed E-state index contributed by atoms with van der Waals surface area (Å²) in [4.78, 5) is 8.23. The zero-order chi connectivity index (χ0) is 13.6. The fourth-order valence-electron chi connectivity index (χ4n) is 1.81. The molecule has 1 saturated heterocycles.